The molecule has 2 aromatic rings. The fourth-order valence-corrected chi connectivity index (χ4v) is 5.55. The number of unbranched alkanes of at least 4 members (excludes halogenated alkanes) is 2. The molecule has 352 valence electrons. The van der Waals surface area contributed by atoms with Gasteiger partial charge in [0.2, 0.25) is 5.24 Å². The Kier molecular flexibility index (Phi) is 37.8. The van der Waals surface area contributed by atoms with E-state index in [1.54, 1.807) is 6.07 Å². The first-order valence-corrected chi connectivity index (χ1v) is 22.9. The van der Waals surface area contributed by atoms with Crippen LogP contribution in [0, 0.1) is 0 Å². The van der Waals surface area contributed by atoms with Crippen molar-refractivity contribution in [1.82, 2.24) is 0 Å². The van der Waals surface area contributed by atoms with E-state index in [9.17, 15) is 24.3 Å². The van der Waals surface area contributed by atoms with Gasteiger partial charge in [-0.3, -0.25) is 9.59 Å². The normalized spacial score (nSPS) is 12.0. The van der Waals surface area contributed by atoms with Crippen LogP contribution in [0.25, 0.3) is 0 Å². The van der Waals surface area contributed by atoms with Crippen LogP contribution in [0.2, 0.25) is 0 Å². The van der Waals surface area contributed by atoms with E-state index in [-0.39, 0.29) is 40.1 Å². The van der Waals surface area contributed by atoms with Crippen molar-refractivity contribution in [3.05, 3.63) is 175 Å². The van der Waals surface area contributed by atoms with Crippen molar-refractivity contribution < 1.29 is 39.6 Å². The number of hydrogen-bond donors (Lipinski definition) is 5. The number of carboxylic acids is 2. The predicted octanol–water partition coefficient (Wildman–Crippen LogP) is 14.5. The van der Waals surface area contributed by atoms with Gasteiger partial charge in [-0.1, -0.05) is 141 Å². The Labute approximate surface area is 393 Å². The number of rotatable bonds is 30. The first-order valence-electron chi connectivity index (χ1n) is 22.5. The standard InChI is InChI=1S/C28H36O4.C20H29ClO.C7H7NO3/c1-2-3-4-5-6-7-8-9-10-11-12-13-14-15-16-17-18-19-25(29)22-24-20-21-27(30)26(23-24)28(31)32;1-2-3-4-5-6-7-8-9-10-11-12-13-14-15-16-17-18-19-20(21)22;8-4-1-2-6(9)5(3-4)7(10)11/h3-4,6-7,9-10,12-13,15-16,20-21,23,30H,2,5,8,11,14,17-19,22H2,1H3,(H,31,32);3-4,6-7,9-10,12-13,15-16H,2,5,8,11,14,17-19H2,1H3;1-3,9H,8H2,(H,10,11)/b2*4-3-,7-6-,10-9-,13-12-,16-15-;. The summed E-state index contributed by atoms with van der Waals surface area (Å²) in [6, 6.07) is 8.16. The van der Waals surface area contributed by atoms with Crippen LogP contribution >= 0.6 is 11.6 Å². The molecule has 0 aliphatic carbocycles. The van der Waals surface area contributed by atoms with Gasteiger partial charge in [-0.25, -0.2) is 9.59 Å². The van der Waals surface area contributed by atoms with Gasteiger partial charge in [-0.05, 0) is 137 Å². The minimum atomic E-state index is -1.20. The van der Waals surface area contributed by atoms with Gasteiger partial charge in [0.25, 0.3) is 0 Å². The number of phenols is 2. The molecule has 6 N–H and O–H groups in total. The second-order valence-corrected chi connectivity index (χ2v) is 14.9. The zero-order valence-electron chi connectivity index (χ0n) is 38.4. The molecule has 0 fully saturated rings. The Hall–Kier alpha value is -6.19. The molecule has 0 aliphatic rings. The molecule has 0 radical (unpaired) electrons. The summed E-state index contributed by atoms with van der Waals surface area (Å²) in [5, 5.41) is 35.7. The molecule has 2 rings (SSSR count). The van der Waals surface area contributed by atoms with Crippen LogP contribution in [0.3, 0.4) is 0 Å². The van der Waals surface area contributed by atoms with Gasteiger partial charge in [0, 0.05) is 24.9 Å². The summed E-state index contributed by atoms with van der Waals surface area (Å²) in [7, 11) is 0. The average Bonchev–Trinajstić information content (AvgIpc) is 3.27. The minimum Gasteiger partial charge on any atom is -0.507 e. The van der Waals surface area contributed by atoms with Crippen LogP contribution in [0.5, 0.6) is 11.5 Å². The lowest BCUT2D eigenvalue weighted by molar-refractivity contribution is -0.118. The van der Waals surface area contributed by atoms with Gasteiger partial charge in [0.15, 0.2) is 0 Å². The van der Waals surface area contributed by atoms with E-state index >= 15 is 0 Å². The van der Waals surface area contributed by atoms with Crippen molar-refractivity contribution in [2.45, 2.75) is 123 Å². The molecule has 0 saturated heterocycles. The van der Waals surface area contributed by atoms with Gasteiger partial charge in [0.1, 0.15) is 28.4 Å². The molecule has 0 saturated carbocycles. The molecule has 0 aromatic heterocycles. The Balaban J connectivity index is 0.00000106. The summed E-state index contributed by atoms with van der Waals surface area (Å²) in [5.74, 6) is -2.87. The minimum absolute atomic E-state index is 0.0689. The fourth-order valence-electron chi connectivity index (χ4n) is 5.42. The number of ketones is 1. The molecule has 9 nitrogen and oxygen atoms in total. The first-order chi connectivity index (χ1) is 31.4. The largest absolute Gasteiger partial charge is 0.507 e. The molecule has 0 unspecified atom stereocenters. The van der Waals surface area contributed by atoms with E-state index in [0.717, 1.165) is 89.9 Å². The molecule has 0 heterocycles. The van der Waals surface area contributed by atoms with Crippen molar-refractivity contribution >= 4 is 40.3 Å². The third-order valence-corrected chi connectivity index (χ3v) is 9.02. The number of nitrogens with two attached hydrogens (primary N) is 1. The first kappa shape index (κ1) is 58.8. The zero-order chi connectivity index (χ0) is 48.2. The predicted molar refractivity (Wildman–Crippen MR) is 271 cm³/mol. The maximum Gasteiger partial charge on any atom is 0.339 e. The number of aromatic carboxylic acids is 2. The number of nitrogen functional groups attached to an aromatic ring is 1. The van der Waals surface area contributed by atoms with E-state index in [0.29, 0.717) is 24.1 Å². The number of Topliss-reactive ketones (excluding diaryl/α,β-unsaturated/α-hetero) is 1. The van der Waals surface area contributed by atoms with E-state index in [4.69, 9.17) is 32.7 Å². The van der Waals surface area contributed by atoms with E-state index in [2.05, 4.69) is 135 Å². The molecule has 2 aromatic carbocycles. The maximum atomic E-state index is 12.1. The summed E-state index contributed by atoms with van der Waals surface area (Å²) < 4.78 is 0. The van der Waals surface area contributed by atoms with Crippen molar-refractivity contribution in [1.29, 1.82) is 0 Å². The molecule has 0 amide bonds. The van der Waals surface area contributed by atoms with Gasteiger partial charge in [-0.2, -0.15) is 0 Å². The number of benzene rings is 2. The summed E-state index contributed by atoms with van der Waals surface area (Å²) >= 11 is 5.26. The van der Waals surface area contributed by atoms with Gasteiger partial charge in [0.05, 0.1) is 0 Å². The summed E-state index contributed by atoms with van der Waals surface area (Å²) in [4.78, 5) is 44.0. The molecule has 65 heavy (non-hydrogen) atoms. The molecule has 0 aliphatic heterocycles. The number of hydrogen-bond acceptors (Lipinski definition) is 7. The highest BCUT2D eigenvalue weighted by molar-refractivity contribution is 6.63. The number of allylic oxidation sites excluding steroid dienone is 20. The number of anilines is 1. The van der Waals surface area contributed by atoms with Crippen LogP contribution in [0.1, 0.15) is 143 Å². The number of aromatic hydroxyl groups is 2. The third kappa shape index (κ3) is 36.9. The molecular formula is C55H72ClNO8. The van der Waals surface area contributed by atoms with Crippen molar-refractivity contribution in [3.8, 4) is 11.5 Å². The lowest BCUT2D eigenvalue weighted by Crippen LogP contribution is -2.04. The number of carbonyl (C=O) groups is 4. The molecular weight excluding hydrogens is 838 g/mol. The summed E-state index contributed by atoms with van der Waals surface area (Å²) in [5.41, 5.74) is 5.87. The van der Waals surface area contributed by atoms with Gasteiger partial charge < -0.3 is 26.2 Å². The number of carbonyl (C=O) groups excluding carboxylic acids is 2. The van der Waals surface area contributed by atoms with Crippen LogP contribution in [0.4, 0.5) is 5.69 Å². The lowest BCUT2D eigenvalue weighted by Gasteiger charge is -2.04. The summed E-state index contributed by atoms with van der Waals surface area (Å²) in [6.45, 7) is 4.29. The van der Waals surface area contributed by atoms with E-state index in [1.807, 2.05) is 0 Å². The van der Waals surface area contributed by atoms with Crippen molar-refractivity contribution in [3.63, 3.8) is 0 Å². The molecule has 0 atom stereocenters. The van der Waals surface area contributed by atoms with Gasteiger partial charge in [-0.15, -0.1) is 0 Å². The van der Waals surface area contributed by atoms with Crippen LogP contribution in [-0.2, 0) is 16.0 Å². The van der Waals surface area contributed by atoms with E-state index in [1.165, 1.54) is 30.3 Å². The second-order valence-electron chi connectivity index (χ2n) is 14.5. The topological polar surface area (TPSA) is 175 Å². The smallest absolute Gasteiger partial charge is 0.339 e. The quantitative estimate of drug-likeness (QED) is 0.0168. The van der Waals surface area contributed by atoms with E-state index < -0.39 is 11.9 Å². The molecule has 10 heteroatoms. The highest BCUT2D eigenvalue weighted by Crippen LogP contribution is 2.20. The average molecular weight is 911 g/mol. The Morgan fingerprint density at radius 1 is 0.492 bits per heavy atom. The van der Waals surface area contributed by atoms with Gasteiger partial charge >= 0.3 is 11.9 Å². The fraction of sp³-hybridized carbons (Fsp3) is 0.345. The highest BCUT2D eigenvalue weighted by atomic mass is 35.5. The maximum absolute atomic E-state index is 12.1. The monoisotopic (exact) mass is 909 g/mol. The van der Waals surface area contributed by atoms with Crippen molar-refractivity contribution in [2.24, 2.45) is 0 Å². The summed E-state index contributed by atoms with van der Waals surface area (Å²) in [6.07, 6.45) is 57.8. The number of halogens is 1. The third-order valence-electron chi connectivity index (χ3n) is 8.83. The SMILES string of the molecule is CC/C=C\C/C=C\C/C=C\C/C=C\C/C=C\CCCC(=O)Cc1ccc(O)c(C(=O)O)c1.CC/C=C\C/C=C\C/C=C\C/C=C\C/C=C\CCCC(=O)Cl.Nc1ccc(O)c(C(=O)O)c1. The van der Waals surface area contributed by atoms with Crippen LogP contribution < -0.4 is 5.73 Å². The van der Waals surface area contributed by atoms with Crippen LogP contribution in [-0.4, -0.2) is 43.4 Å². The molecule has 0 spiro atoms. The Morgan fingerprint density at radius 3 is 1.18 bits per heavy atom. The molecule has 0 bridgehead atoms. The Morgan fingerprint density at radius 2 is 0.831 bits per heavy atom. The van der Waals surface area contributed by atoms with Crippen molar-refractivity contribution in [2.75, 3.05) is 5.73 Å². The Bertz CT molecular complexity index is 1960. The van der Waals surface area contributed by atoms with Crippen LogP contribution in [0.15, 0.2) is 158 Å². The lowest BCUT2D eigenvalue weighted by atomic mass is 10.0. The zero-order valence-corrected chi connectivity index (χ0v) is 39.2. The number of carboxylic acid groups (broad SMARTS) is 2. The highest BCUT2D eigenvalue weighted by Gasteiger charge is 2.12. The second kappa shape index (κ2) is 41.8.